The third kappa shape index (κ3) is 4.06. The first-order valence-corrected chi connectivity index (χ1v) is 11.4. The van der Waals surface area contributed by atoms with E-state index >= 15 is 0 Å². The van der Waals surface area contributed by atoms with Gasteiger partial charge in [0.2, 0.25) is 0 Å². The number of fused-ring (bicyclic) bond motifs is 3. The number of hydrogen-bond acceptors (Lipinski definition) is 4. The number of rotatable bonds is 6. The Kier molecular flexibility index (Phi) is 6.42. The Labute approximate surface area is 192 Å². The molecule has 0 N–H and O–H groups in total. The molecule has 1 aliphatic rings. The molecule has 0 saturated carbocycles. The molecule has 5 nitrogen and oxygen atoms in total. The first kappa shape index (κ1) is 21.8. The lowest BCUT2D eigenvalue weighted by Gasteiger charge is -2.24. The minimum absolute atomic E-state index is 0.0126. The van der Waals surface area contributed by atoms with E-state index in [9.17, 15) is 9.59 Å². The van der Waals surface area contributed by atoms with Crippen LogP contribution in [-0.2, 0) is 6.42 Å². The molecule has 1 aromatic carbocycles. The van der Waals surface area contributed by atoms with Gasteiger partial charge in [0.1, 0.15) is 5.56 Å². The molecule has 1 amide bonds. The number of benzene rings is 1. The molecular weight excluding hydrogens is 418 g/mol. The summed E-state index contributed by atoms with van der Waals surface area (Å²) in [6.07, 6.45) is 7.45. The molecule has 1 aliphatic heterocycles. The van der Waals surface area contributed by atoms with Crippen LogP contribution in [0.25, 0.3) is 5.69 Å². The van der Waals surface area contributed by atoms with Gasteiger partial charge in [0.25, 0.3) is 5.91 Å². The van der Waals surface area contributed by atoms with Gasteiger partial charge >= 0.3 is 0 Å². The van der Waals surface area contributed by atoms with E-state index in [-0.39, 0.29) is 22.1 Å². The average Bonchev–Trinajstić information content (AvgIpc) is 2.96. The highest BCUT2D eigenvalue weighted by atomic mass is 32.2. The second-order valence-electron chi connectivity index (χ2n) is 7.66. The summed E-state index contributed by atoms with van der Waals surface area (Å²) in [6.45, 7) is 10.1. The topological polar surface area (TPSA) is 55.2 Å². The third-order valence-electron chi connectivity index (χ3n) is 5.51. The number of para-hydroxylation sites is 1. The summed E-state index contributed by atoms with van der Waals surface area (Å²) in [7, 11) is 0. The molecule has 2 aromatic heterocycles. The molecule has 0 unspecified atom stereocenters. The number of carbonyl (C=O) groups is 1. The molecule has 0 spiro atoms. The molecule has 3 aromatic rings. The minimum atomic E-state index is -0.298. The predicted molar refractivity (Wildman–Crippen MR) is 130 cm³/mol. The molecule has 0 saturated heterocycles. The van der Waals surface area contributed by atoms with Crippen molar-refractivity contribution in [2.24, 2.45) is 0 Å². The summed E-state index contributed by atoms with van der Waals surface area (Å²) in [6, 6.07) is 13.6. The van der Waals surface area contributed by atoms with E-state index in [1.807, 2.05) is 43.5 Å². The number of aromatic nitrogens is 2. The van der Waals surface area contributed by atoms with Crippen LogP contribution < -0.4 is 5.43 Å². The van der Waals surface area contributed by atoms with Gasteiger partial charge in [-0.1, -0.05) is 30.4 Å². The van der Waals surface area contributed by atoms with E-state index in [1.165, 1.54) is 0 Å². The zero-order valence-corrected chi connectivity index (χ0v) is 18.8. The maximum Gasteiger partial charge on any atom is 0.260 e. The SMILES string of the molecule is C=CCN(CC=C)C(=O)c1c2n(c(C)cc1=O)-c1ccccc1S[C@@H](c1cccnc1)C2. The molecule has 0 aliphatic carbocycles. The number of thioether (sulfide) groups is 1. The zero-order valence-electron chi connectivity index (χ0n) is 18.0. The maximum absolute atomic E-state index is 13.6. The van der Waals surface area contributed by atoms with Crippen molar-refractivity contribution in [2.75, 3.05) is 13.1 Å². The molecule has 3 heterocycles. The molecule has 4 rings (SSSR count). The van der Waals surface area contributed by atoms with Gasteiger partial charge in [0, 0.05) is 59.5 Å². The summed E-state index contributed by atoms with van der Waals surface area (Å²) in [5.41, 5.74) is 3.52. The van der Waals surface area contributed by atoms with Crippen LogP contribution in [0.1, 0.15) is 32.6 Å². The Morgan fingerprint density at radius 3 is 2.66 bits per heavy atom. The minimum Gasteiger partial charge on any atom is -0.331 e. The van der Waals surface area contributed by atoms with Crippen molar-refractivity contribution in [3.05, 3.63) is 113 Å². The standard InChI is InChI=1S/C26H25N3O2S/c1-4-13-28(14-5-2)26(31)25-21-16-24(19-9-8-12-27-17-19)32-23-11-7-6-10-20(23)29(21)18(3)15-22(25)30/h4-12,15,17,24H,1-2,13-14,16H2,3H3/t24-/m1/s1. The molecule has 32 heavy (non-hydrogen) atoms. The molecule has 0 bridgehead atoms. The summed E-state index contributed by atoms with van der Waals surface area (Å²) in [5, 5.41) is 0.0126. The summed E-state index contributed by atoms with van der Waals surface area (Å²) in [5.74, 6) is -0.298. The van der Waals surface area contributed by atoms with Crippen molar-refractivity contribution >= 4 is 17.7 Å². The molecular formula is C26H25N3O2S. The third-order valence-corrected chi connectivity index (χ3v) is 6.83. The molecule has 6 heteroatoms. The van der Waals surface area contributed by atoms with Gasteiger partial charge in [0.15, 0.2) is 5.43 Å². The second-order valence-corrected chi connectivity index (χ2v) is 8.90. The van der Waals surface area contributed by atoms with Gasteiger partial charge in [-0.15, -0.1) is 24.9 Å². The van der Waals surface area contributed by atoms with Crippen LogP contribution >= 0.6 is 11.8 Å². The summed E-state index contributed by atoms with van der Waals surface area (Å²) >= 11 is 1.73. The number of amides is 1. The van der Waals surface area contributed by atoms with Crippen LogP contribution in [-0.4, -0.2) is 33.4 Å². The highest BCUT2D eigenvalue weighted by Gasteiger charge is 2.30. The smallest absolute Gasteiger partial charge is 0.260 e. The molecule has 1 atom stereocenters. The normalized spacial score (nSPS) is 14.6. The highest BCUT2D eigenvalue weighted by molar-refractivity contribution is 7.99. The Morgan fingerprint density at radius 2 is 1.97 bits per heavy atom. The Hall–Kier alpha value is -3.38. The van der Waals surface area contributed by atoms with Crippen LogP contribution in [0.15, 0.2) is 89.9 Å². The van der Waals surface area contributed by atoms with E-state index < -0.39 is 0 Å². The quantitative estimate of drug-likeness (QED) is 0.516. The average molecular weight is 444 g/mol. The van der Waals surface area contributed by atoms with E-state index in [4.69, 9.17) is 0 Å². The Balaban J connectivity index is 1.97. The molecule has 0 fully saturated rings. The van der Waals surface area contributed by atoms with Gasteiger partial charge in [-0.05, 0) is 30.7 Å². The summed E-state index contributed by atoms with van der Waals surface area (Å²) in [4.78, 5) is 33.8. The van der Waals surface area contributed by atoms with E-state index in [2.05, 4.69) is 28.8 Å². The number of aryl methyl sites for hydroxylation is 1. The Morgan fingerprint density at radius 1 is 1.22 bits per heavy atom. The fraction of sp³-hybridized carbons (Fsp3) is 0.192. The van der Waals surface area contributed by atoms with Crippen LogP contribution in [0.3, 0.4) is 0 Å². The number of pyridine rings is 2. The fourth-order valence-corrected chi connectivity index (χ4v) is 5.39. The number of hydrogen-bond donors (Lipinski definition) is 0. The maximum atomic E-state index is 13.6. The van der Waals surface area contributed by atoms with Gasteiger partial charge in [-0.2, -0.15) is 0 Å². The summed E-state index contributed by atoms with van der Waals surface area (Å²) < 4.78 is 2.06. The number of carbonyl (C=O) groups excluding carboxylic acids is 1. The van der Waals surface area contributed by atoms with Crippen molar-refractivity contribution in [1.82, 2.24) is 14.5 Å². The second kappa shape index (κ2) is 9.40. The van der Waals surface area contributed by atoms with Crippen LogP contribution in [0.4, 0.5) is 0 Å². The molecule has 0 radical (unpaired) electrons. The van der Waals surface area contributed by atoms with E-state index in [0.717, 1.165) is 27.5 Å². The van der Waals surface area contributed by atoms with Gasteiger partial charge < -0.3 is 9.47 Å². The highest BCUT2D eigenvalue weighted by Crippen LogP contribution is 2.44. The van der Waals surface area contributed by atoms with Gasteiger partial charge in [0.05, 0.1) is 5.69 Å². The predicted octanol–water partition coefficient (Wildman–Crippen LogP) is 4.74. The lowest BCUT2D eigenvalue weighted by Crippen LogP contribution is -2.37. The zero-order chi connectivity index (χ0) is 22.7. The monoisotopic (exact) mass is 443 g/mol. The van der Waals surface area contributed by atoms with Crippen molar-refractivity contribution in [3.8, 4) is 5.69 Å². The number of nitrogens with zero attached hydrogens (tertiary/aromatic N) is 3. The van der Waals surface area contributed by atoms with Crippen LogP contribution in [0, 0.1) is 6.92 Å². The first-order valence-electron chi connectivity index (χ1n) is 10.5. The van der Waals surface area contributed by atoms with Crippen molar-refractivity contribution < 1.29 is 4.79 Å². The lowest BCUT2D eigenvalue weighted by atomic mass is 10.0. The van der Waals surface area contributed by atoms with E-state index in [1.54, 1.807) is 41.1 Å². The Bertz CT molecular complexity index is 1220. The largest absolute Gasteiger partial charge is 0.331 e. The lowest BCUT2D eigenvalue weighted by molar-refractivity contribution is 0.0787. The first-order chi connectivity index (χ1) is 15.5. The molecule has 162 valence electrons. The van der Waals surface area contributed by atoms with E-state index in [0.29, 0.717) is 19.5 Å². The van der Waals surface area contributed by atoms with Gasteiger partial charge in [-0.25, -0.2) is 0 Å². The van der Waals surface area contributed by atoms with Crippen molar-refractivity contribution in [1.29, 1.82) is 0 Å². The fourth-order valence-electron chi connectivity index (χ4n) is 4.13. The van der Waals surface area contributed by atoms with Crippen LogP contribution in [0.2, 0.25) is 0 Å². The van der Waals surface area contributed by atoms with Gasteiger partial charge in [-0.3, -0.25) is 14.6 Å². The van der Waals surface area contributed by atoms with Crippen molar-refractivity contribution in [2.45, 2.75) is 23.5 Å². The van der Waals surface area contributed by atoms with Crippen LogP contribution in [0.5, 0.6) is 0 Å². The van der Waals surface area contributed by atoms with Crippen molar-refractivity contribution in [3.63, 3.8) is 0 Å².